The van der Waals surface area contributed by atoms with Gasteiger partial charge in [0, 0.05) is 24.9 Å². The zero-order valence-corrected chi connectivity index (χ0v) is 6.71. The second-order valence-electron chi connectivity index (χ2n) is 2.82. The second-order valence-corrected chi connectivity index (χ2v) is 2.82. The predicted molar refractivity (Wildman–Crippen MR) is 42.2 cm³/mol. The molecule has 1 aliphatic rings. The van der Waals surface area contributed by atoms with Crippen LogP contribution in [0.3, 0.4) is 0 Å². The van der Waals surface area contributed by atoms with Crippen molar-refractivity contribution < 1.29 is 9.90 Å². The van der Waals surface area contributed by atoms with Crippen LogP contribution in [0.4, 0.5) is 0 Å². The van der Waals surface area contributed by atoms with Crippen LogP contribution in [-0.2, 0) is 4.79 Å². The average molecular weight is 155 g/mol. The fraction of sp³-hybridized carbons (Fsp3) is 0.625. The summed E-state index contributed by atoms with van der Waals surface area (Å²) in [5.74, 6) is -0.852. The fourth-order valence-corrected chi connectivity index (χ4v) is 1.34. The SMILES string of the molecule is C/C(=C\C(=O)O)N1CCCC1. The van der Waals surface area contributed by atoms with Gasteiger partial charge in [0.2, 0.25) is 0 Å². The number of carbonyl (C=O) groups is 1. The van der Waals surface area contributed by atoms with Crippen molar-refractivity contribution in [2.75, 3.05) is 13.1 Å². The number of hydrogen-bond donors (Lipinski definition) is 1. The maximum Gasteiger partial charge on any atom is 0.330 e. The lowest BCUT2D eigenvalue weighted by molar-refractivity contribution is -0.131. The van der Waals surface area contributed by atoms with E-state index in [1.165, 1.54) is 18.9 Å². The molecule has 3 nitrogen and oxygen atoms in total. The molecule has 0 atom stereocenters. The molecule has 11 heavy (non-hydrogen) atoms. The highest BCUT2D eigenvalue weighted by Crippen LogP contribution is 2.13. The Labute approximate surface area is 66.3 Å². The Hall–Kier alpha value is -0.990. The Kier molecular flexibility index (Phi) is 2.52. The monoisotopic (exact) mass is 155 g/mol. The van der Waals surface area contributed by atoms with E-state index in [1.54, 1.807) is 0 Å². The molecule has 0 unspecified atom stereocenters. The molecule has 3 heteroatoms. The van der Waals surface area contributed by atoms with Crippen LogP contribution in [-0.4, -0.2) is 29.1 Å². The Bertz CT molecular complexity index is 181. The molecule has 1 saturated heterocycles. The molecule has 0 aliphatic carbocycles. The van der Waals surface area contributed by atoms with Crippen molar-refractivity contribution in [1.29, 1.82) is 0 Å². The fourth-order valence-electron chi connectivity index (χ4n) is 1.34. The van der Waals surface area contributed by atoms with E-state index in [2.05, 4.69) is 4.90 Å². The van der Waals surface area contributed by atoms with Crippen LogP contribution in [0.15, 0.2) is 11.8 Å². The molecule has 0 aromatic rings. The maximum absolute atomic E-state index is 10.3. The van der Waals surface area contributed by atoms with Gasteiger partial charge in [0.05, 0.1) is 0 Å². The van der Waals surface area contributed by atoms with Gasteiger partial charge in [-0.25, -0.2) is 4.79 Å². The highest BCUT2D eigenvalue weighted by atomic mass is 16.4. The molecule has 1 heterocycles. The summed E-state index contributed by atoms with van der Waals surface area (Å²) in [7, 11) is 0. The van der Waals surface area contributed by atoms with E-state index in [9.17, 15) is 4.79 Å². The Morgan fingerprint density at radius 3 is 2.45 bits per heavy atom. The van der Waals surface area contributed by atoms with Gasteiger partial charge < -0.3 is 10.0 Å². The van der Waals surface area contributed by atoms with E-state index in [0.717, 1.165) is 18.8 Å². The molecule has 1 fully saturated rings. The Balaban J connectivity index is 2.51. The van der Waals surface area contributed by atoms with Crippen LogP contribution in [0.25, 0.3) is 0 Å². The number of hydrogen-bond acceptors (Lipinski definition) is 2. The van der Waals surface area contributed by atoms with Crippen molar-refractivity contribution in [3.8, 4) is 0 Å². The van der Waals surface area contributed by atoms with E-state index in [1.807, 2.05) is 6.92 Å². The molecule has 62 valence electrons. The summed E-state index contributed by atoms with van der Waals surface area (Å²) in [6.07, 6.45) is 3.64. The second kappa shape index (κ2) is 3.42. The van der Waals surface area contributed by atoms with Gasteiger partial charge in [-0.1, -0.05) is 0 Å². The van der Waals surface area contributed by atoms with Crippen molar-refractivity contribution >= 4 is 5.97 Å². The minimum Gasteiger partial charge on any atom is -0.478 e. The van der Waals surface area contributed by atoms with Crippen LogP contribution in [0, 0.1) is 0 Å². The van der Waals surface area contributed by atoms with Crippen molar-refractivity contribution in [2.24, 2.45) is 0 Å². The first-order valence-electron chi connectivity index (χ1n) is 3.86. The number of allylic oxidation sites excluding steroid dienone is 1. The summed E-state index contributed by atoms with van der Waals surface area (Å²) >= 11 is 0. The van der Waals surface area contributed by atoms with E-state index in [0.29, 0.717) is 0 Å². The first-order valence-corrected chi connectivity index (χ1v) is 3.86. The van der Waals surface area contributed by atoms with Gasteiger partial charge in [-0.2, -0.15) is 0 Å². The standard InChI is InChI=1S/C8H13NO2/c1-7(6-8(10)11)9-4-2-3-5-9/h6H,2-5H2,1H3,(H,10,11)/b7-6+. The maximum atomic E-state index is 10.3. The molecule has 0 bridgehead atoms. The summed E-state index contributed by atoms with van der Waals surface area (Å²) in [6.45, 7) is 3.87. The van der Waals surface area contributed by atoms with Crippen LogP contribution < -0.4 is 0 Å². The van der Waals surface area contributed by atoms with Gasteiger partial charge >= 0.3 is 5.97 Å². The number of carboxylic acids is 1. The van der Waals surface area contributed by atoms with Crippen LogP contribution in [0.1, 0.15) is 19.8 Å². The van der Waals surface area contributed by atoms with Crippen molar-refractivity contribution in [3.05, 3.63) is 11.8 Å². The molecule has 0 aromatic heterocycles. The first kappa shape index (κ1) is 8.11. The molecule has 1 rings (SSSR count). The summed E-state index contributed by atoms with van der Waals surface area (Å²) in [5, 5.41) is 8.44. The van der Waals surface area contributed by atoms with E-state index in [4.69, 9.17) is 5.11 Å². The number of carboxylic acid groups (broad SMARTS) is 1. The van der Waals surface area contributed by atoms with Gasteiger partial charge in [-0.05, 0) is 19.8 Å². The van der Waals surface area contributed by atoms with Gasteiger partial charge in [0.1, 0.15) is 0 Å². The highest BCUT2D eigenvalue weighted by molar-refractivity contribution is 5.80. The van der Waals surface area contributed by atoms with Gasteiger partial charge in [0.15, 0.2) is 0 Å². The average Bonchev–Trinajstić information content (AvgIpc) is 2.35. The van der Waals surface area contributed by atoms with Crippen LogP contribution in [0.5, 0.6) is 0 Å². The van der Waals surface area contributed by atoms with Crippen LogP contribution >= 0.6 is 0 Å². The normalized spacial score (nSPS) is 19.0. The third kappa shape index (κ3) is 2.26. The lowest BCUT2D eigenvalue weighted by atomic mass is 10.4. The molecule has 0 spiro atoms. The molecular weight excluding hydrogens is 142 g/mol. The molecule has 0 aromatic carbocycles. The molecule has 0 saturated carbocycles. The van der Waals surface area contributed by atoms with Gasteiger partial charge in [-0.15, -0.1) is 0 Å². The van der Waals surface area contributed by atoms with Crippen molar-refractivity contribution in [3.63, 3.8) is 0 Å². The number of aliphatic carboxylic acids is 1. The highest BCUT2D eigenvalue weighted by Gasteiger charge is 2.11. The minimum absolute atomic E-state index is 0.852. The van der Waals surface area contributed by atoms with E-state index >= 15 is 0 Å². The Morgan fingerprint density at radius 1 is 1.45 bits per heavy atom. The topological polar surface area (TPSA) is 40.5 Å². The van der Waals surface area contributed by atoms with Gasteiger partial charge in [0.25, 0.3) is 0 Å². The lowest BCUT2D eigenvalue weighted by Crippen LogP contribution is -2.17. The molecule has 1 aliphatic heterocycles. The number of nitrogens with zero attached hydrogens (tertiary/aromatic N) is 1. The molecule has 1 N–H and O–H groups in total. The summed E-state index contributed by atoms with van der Waals surface area (Å²) in [4.78, 5) is 12.4. The quantitative estimate of drug-likeness (QED) is 0.606. The van der Waals surface area contributed by atoms with Crippen molar-refractivity contribution in [2.45, 2.75) is 19.8 Å². The summed E-state index contributed by atoms with van der Waals surface area (Å²) in [6, 6.07) is 0. The Morgan fingerprint density at radius 2 is 2.00 bits per heavy atom. The predicted octanol–water partition coefficient (Wildman–Crippen LogP) is 1.07. The first-order chi connectivity index (χ1) is 5.20. The number of rotatable bonds is 2. The molecule has 0 radical (unpaired) electrons. The summed E-state index contributed by atoms with van der Waals surface area (Å²) in [5.41, 5.74) is 0.870. The zero-order valence-electron chi connectivity index (χ0n) is 6.71. The van der Waals surface area contributed by atoms with Crippen molar-refractivity contribution in [1.82, 2.24) is 4.90 Å². The third-order valence-corrected chi connectivity index (χ3v) is 1.94. The number of likely N-dealkylation sites (tertiary alicyclic amines) is 1. The minimum atomic E-state index is -0.852. The third-order valence-electron chi connectivity index (χ3n) is 1.94. The van der Waals surface area contributed by atoms with Gasteiger partial charge in [-0.3, -0.25) is 0 Å². The molecular formula is C8H13NO2. The largest absolute Gasteiger partial charge is 0.478 e. The zero-order chi connectivity index (χ0) is 8.27. The van der Waals surface area contributed by atoms with Crippen LogP contribution in [0.2, 0.25) is 0 Å². The van der Waals surface area contributed by atoms with E-state index < -0.39 is 5.97 Å². The molecule has 0 amide bonds. The smallest absolute Gasteiger partial charge is 0.330 e. The van der Waals surface area contributed by atoms with E-state index in [-0.39, 0.29) is 0 Å². The lowest BCUT2D eigenvalue weighted by Gasteiger charge is -2.16. The summed E-state index contributed by atoms with van der Waals surface area (Å²) < 4.78 is 0.